The van der Waals surface area contributed by atoms with E-state index < -0.39 is 0 Å². The van der Waals surface area contributed by atoms with E-state index in [2.05, 4.69) is 20.8 Å². The van der Waals surface area contributed by atoms with Crippen LogP contribution in [0.1, 0.15) is 33.6 Å². The van der Waals surface area contributed by atoms with Crippen molar-refractivity contribution in [3.8, 4) is 0 Å². The second-order valence-electron chi connectivity index (χ2n) is 5.26. The minimum absolute atomic E-state index is 0.0216. The van der Waals surface area contributed by atoms with Crippen LogP contribution in [-0.2, 0) is 9.53 Å². The number of hydrogen-bond donors (Lipinski definition) is 1. The van der Waals surface area contributed by atoms with Crippen LogP contribution in [0.25, 0.3) is 0 Å². The highest BCUT2D eigenvalue weighted by atomic mass is 16.5. The Labute approximate surface area is 86.0 Å². The van der Waals surface area contributed by atoms with Gasteiger partial charge in [0.2, 0.25) is 0 Å². The monoisotopic (exact) mass is 199 g/mol. The van der Waals surface area contributed by atoms with Crippen molar-refractivity contribution in [1.29, 1.82) is 0 Å². The molecular weight excluding hydrogens is 178 g/mol. The number of carbonyl (C=O) groups is 1. The molecule has 0 heterocycles. The van der Waals surface area contributed by atoms with E-state index in [1.54, 1.807) is 0 Å². The van der Waals surface area contributed by atoms with Gasteiger partial charge in [-0.1, -0.05) is 20.8 Å². The van der Waals surface area contributed by atoms with Crippen molar-refractivity contribution in [3.63, 3.8) is 0 Å². The lowest BCUT2D eigenvalue weighted by atomic mass is 9.74. The fraction of sp³-hybridized carbons (Fsp3) is 0.909. The van der Waals surface area contributed by atoms with E-state index in [0.29, 0.717) is 5.92 Å². The van der Waals surface area contributed by atoms with Gasteiger partial charge in [0.15, 0.2) is 0 Å². The van der Waals surface area contributed by atoms with Crippen molar-refractivity contribution in [1.82, 2.24) is 0 Å². The van der Waals surface area contributed by atoms with Gasteiger partial charge in [-0.05, 0) is 24.2 Å². The number of ether oxygens (including phenoxy) is 1. The molecule has 1 aliphatic carbocycles. The molecule has 1 aliphatic rings. The predicted molar refractivity (Wildman–Crippen MR) is 55.7 cm³/mol. The quantitative estimate of drug-likeness (QED) is 0.652. The van der Waals surface area contributed by atoms with Gasteiger partial charge in [-0.25, -0.2) is 0 Å². The molecule has 0 aromatic carbocycles. The molecular formula is C11H21NO2. The second-order valence-corrected chi connectivity index (χ2v) is 5.26. The molecule has 0 aliphatic heterocycles. The first-order chi connectivity index (χ1) is 6.38. The molecule has 82 valence electrons. The molecule has 3 heteroatoms. The van der Waals surface area contributed by atoms with E-state index >= 15 is 0 Å². The largest absolute Gasteiger partial charge is 0.469 e. The van der Waals surface area contributed by atoms with Crippen LogP contribution in [0.3, 0.4) is 0 Å². The first-order valence-electron chi connectivity index (χ1n) is 5.21. The van der Waals surface area contributed by atoms with Crippen LogP contribution in [-0.4, -0.2) is 19.1 Å². The molecule has 0 aromatic heterocycles. The van der Waals surface area contributed by atoms with Crippen LogP contribution in [0.4, 0.5) is 0 Å². The number of hydrogen-bond acceptors (Lipinski definition) is 3. The summed E-state index contributed by atoms with van der Waals surface area (Å²) >= 11 is 0. The van der Waals surface area contributed by atoms with Gasteiger partial charge in [0.05, 0.1) is 13.0 Å². The van der Waals surface area contributed by atoms with Crippen molar-refractivity contribution in [2.45, 2.75) is 39.7 Å². The summed E-state index contributed by atoms with van der Waals surface area (Å²) in [4.78, 5) is 11.6. The molecule has 0 spiro atoms. The predicted octanol–water partition coefficient (Wildman–Crippen LogP) is 1.56. The Kier molecular flexibility index (Phi) is 3.20. The summed E-state index contributed by atoms with van der Waals surface area (Å²) in [5, 5.41) is 0. The molecule has 0 saturated heterocycles. The van der Waals surface area contributed by atoms with Gasteiger partial charge >= 0.3 is 5.97 Å². The van der Waals surface area contributed by atoms with E-state index in [0.717, 1.165) is 12.8 Å². The maximum absolute atomic E-state index is 11.6. The van der Waals surface area contributed by atoms with Gasteiger partial charge in [0.1, 0.15) is 0 Å². The normalized spacial score (nSPS) is 33.1. The van der Waals surface area contributed by atoms with Crippen LogP contribution in [0, 0.1) is 17.3 Å². The molecule has 0 unspecified atom stereocenters. The van der Waals surface area contributed by atoms with Crippen LogP contribution < -0.4 is 5.73 Å². The second kappa shape index (κ2) is 3.89. The standard InChI is InChI=1S/C11H21NO2/c1-11(2,3)7-5-6-8(12)9(7)10(13)14-4/h7-9H,5-6,12H2,1-4H3/t7-,8-,9+/m1/s1. The van der Waals surface area contributed by atoms with Crippen LogP contribution in [0.2, 0.25) is 0 Å². The Morgan fingerprint density at radius 1 is 1.36 bits per heavy atom. The molecule has 14 heavy (non-hydrogen) atoms. The molecule has 1 rings (SSSR count). The average Bonchev–Trinajstić information content (AvgIpc) is 2.45. The molecule has 0 amide bonds. The number of methoxy groups -OCH3 is 1. The topological polar surface area (TPSA) is 52.3 Å². The Morgan fingerprint density at radius 2 is 1.93 bits per heavy atom. The van der Waals surface area contributed by atoms with Gasteiger partial charge in [0.25, 0.3) is 0 Å². The van der Waals surface area contributed by atoms with Gasteiger partial charge in [-0.2, -0.15) is 0 Å². The van der Waals surface area contributed by atoms with Crippen LogP contribution in [0.15, 0.2) is 0 Å². The van der Waals surface area contributed by atoms with Crippen molar-refractivity contribution >= 4 is 5.97 Å². The van der Waals surface area contributed by atoms with Gasteiger partial charge in [-0.15, -0.1) is 0 Å². The van der Waals surface area contributed by atoms with Gasteiger partial charge < -0.3 is 10.5 Å². The Balaban J connectivity index is 2.82. The minimum atomic E-state index is -0.144. The highest BCUT2D eigenvalue weighted by Crippen LogP contribution is 2.43. The molecule has 1 saturated carbocycles. The van der Waals surface area contributed by atoms with E-state index in [1.807, 2.05) is 0 Å². The summed E-state index contributed by atoms with van der Waals surface area (Å²) < 4.78 is 4.81. The molecule has 0 bridgehead atoms. The molecule has 3 nitrogen and oxygen atoms in total. The Bertz CT molecular complexity index is 220. The highest BCUT2D eigenvalue weighted by Gasteiger charge is 2.45. The number of esters is 1. The van der Waals surface area contributed by atoms with Crippen molar-refractivity contribution in [2.24, 2.45) is 23.0 Å². The zero-order valence-electron chi connectivity index (χ0n) is 9.54. The lowest BCUT2D eigenvalue weighted by Gasteiger charge is -2.31. The third kappa shape index (κ3) is 2.08. The number of carbonyl (C=O) groups excluding carboxylic acids is 1. The SMILES string of the molecule is COC(=O)[C@@H]1[C@H](N)CC[C@H]1C(C)(C)C. The van der Waals surface area contributed by atoms with Crippen molar-refractivity contribution < 1.29 is 9.53 Å². The highest BCUT2D eigenvalue weighted by molar-refractivity contribution is 5.74. The maximum Gasteiger partial charge on any atom is 0.310 e. The summed E-state index contributed by atoms with van der Waals surface area (Å²) in [6, 6.07) is -0.0216. The zero-order chi connectivity index (χ0) is 10.9. The third-order valence-corrected chi connectivity index (χ3v) is 3.29. The Morgan fingerprint density at radius 3 is 2.36 bits per heavy atom. The van der Waals surface area contributed by atoms with Gasteiger partial charge in [-0.3, -0.25) is 4.79 Å². The van der Waals surface area contributed by atoms with E-state index in [1.165, 1.54) is 7.11 Å². The average molecular weight is 199 g/mol. The summed E-state index contributed by atoms with van der Waals surface area (Å²) in [6.07, 6.45) is 1.96. The molecule has 3 atom stereocenters. The first kappa shape index (κ1) is 11.5. The Hall–Kier alpha value is -0.570. The van der Waals surface area contributed by atoms with E-state index in [9.17, 15) is 4.79 Å². The molecule has 2 N–H and O–H groups in total. The fourth-order valence-electron chi connectivity index (χ4n) is 2.48. The lowest BCUT2D eigenvalue weighted by molar-refractivity contribution is -0.148. The number of rotatable bonds is 1. The minimum Gasteiger partial charge on any atom is -0.469 e. The first-order valence-corrected chi connectivity index (χ1v) is 5.21. The molecule has 1 fully saturated rings. The lowest BCUT2D eigenvalue weighted by Crippen LogP contribution is -2.39. The summed E-state index contributed by atoms with van der Waals surface area (Å²) in [5.41, 5.74) is 6.07. The maximum atomic E-state index is 11.6. The van der Waals surface area contributed by atoms with Gasteiger partial charge in [0, 0.05) is 6.04 Å². The zero-order valence-corrected chi connectivity index (χ0v) is 9.54. The summed E-state index contributed by atoms with van der Waals surface area (Å²) in [7, 11) is 1.44. The number of nitrogens with two attached hydrogens (primary N) is 1. The van der Waals surface area contributed by atoms with Crippen LogP contribution in [0.5, 0.6) is 0 Å². The van der Waals surface area contributed by atoms with E-state index in [-0.39, 0.29) is 23.3 Å². The van der Waals surface area contributed by atoms with Crippen molar-refractivity contribution in [2.75, 3.05) is 7.11 Å². The summed E-state index contributed by atoms with van der Waals surface area (Å²) in [6.45, 7) is 6.48. The summed E-state index contributed by atoms with van der Waals surface area (Å²) in [5.74, 6) is 0.0971. The van der Waals surface area contributed by atoms with Crippen LogP contribution >= 0.6 is 0 Å². The smallest absolute Gasteiger partial charge is 0.310 e. The third-order valence-electron chi connectivity index (χ3n) is 3.29. The van der Waals surface area contributed by atoms with E-state index in [4.69, 9.17) is 10.5 Å². The molecule has 0 aromatic rings. The van der Waals surface area contributed by atoms with Crippen molar-refractivity contribution in [3.05, 3.63) is 0 Å². The fourth-order valence-corrected chi connectivity index (χ4v) is 2.48. The molecule has 0 radical (unpaired) electrons.